The van der Waals surface area contributed by atoms with E-state index in [4.69, 9.17) is 5.73 Å². The lowest BCUT2D eigenvalue weighted by atomic mass is 9.94. The SMILES string of the molecule is CN(c1ccc(NC(=O)CN)c(F)c1)C1CCCCC1. The molecule has 1 aliphatic carbocycles. The summed E-state index contributed by atoms with van der Waals surface area (Å²) in [4.78, 5) is 13.3. The normalized spacial score (nSPS) is 15.9. The second-order valence-electron chi connectivity index (χ2n) is 5.32. The van der Waals surface area contributed by atoms with Crippen molar-refractivity contribution >= 4 is 17.3 Å². The highest BCUT2D eigenvalue weighted by atomic mass is 19.1. The molecule has 0 aliphatic heterocycles. The number of rotatable bonds is 4. The topological polar surface area (TPSA) is 58.4 Å². The van der Waals surface area contributed by atoms with Crippen molar-refractivity contribution in [1.29, 1.82) is 0 Å². The van der Waals surface area contributed by atoms with Gasteiger partial charge >= 0.3 is 0 Å². The quantitative estimate of drug-likeness (QED) is 0.890. The summed E-state index contributed by atoms with van der Waals surface area (Å²) in [6, 6.07) is 5.38. The van der Waals surface area contributed by atoms with Crippen molar-refractivity contribution in [3.8, 4) is 0 Å². The number of anilines is 2. The summed E-state index contributed by atoms with van der Waals surface area (Å²) in [5.41, 5.74) is 6.23. The summed E-state index contributed by atoms with van der Waals surface area (Å²) in [6.07, 6.45) is 6.08. The molecule has 1 aromatic carbocycles. The van der Waals surface area contributed by atoms with Gasteiger partial charge in [-0.2, -0.15) is 0 Å². The van der Waals surface area contributed by atoms with Crippen molar-refractivity contribution in [2.75, 3.05) is 23.8 Å². The van der Waals surface area contributed by atoms with E-state index in [1.165, 1.54) is 25.3 Å². The highest BCUT2D eigenvalue weighted by molar-refractivity contribution is 5.92. The first kappa shape index (κ1) is 14.8. The summed E-state index contributed by atoms with van der Waals surface area (Å²) >= 11 is 0. The van der Waals surface area contributed by atoms with Crippen LogP contribution in [0.5, 0.6) is 0 Å². The van der Waals surface area contributed by atoms with Gasteiger partial charge in [0.25, 0.3) is 0 Å². The van der Waals surface area contributed by atoms with Crippen LogP contribution in [0.3, 0.4) is 0 Å². The van der Waals surface area contributed by atoms with Gasteiger partial charge in [-0.15, -0.1) is 0 Å². The molecule has 0 unspecified atom stereocenters. The molecule has 5 heteroatoms. The second-order valence-corrected chi connectivity index (χ2v) is 5.32. The van der Waals surface area contributed by atoms with Crippen molar-refractivity contribution in [2.45, 2.75) is 38.1 Å². The highest BCUT2D eigenvalue weighted by Crippen LogP contribution is 2.28. The number of hydrogen-bond donors (Lipinski definition) is 2. The van der Waals surface area contributed by atoms with Gasteiger partial charge in [-0.25, -0.2) is 4.39 Å². The van der Waals surface area contributed by atoms with Crippen molar-refractivity contribution in [3.05, 3.63) is 24.0 Å². The van der Waals surface area contributed by atoms with Crippen LogP contribution in [0.4, 0.5) is 15.8 Å². The lowest BCUT2D eigenvalue weighted by Crippen LogP contribution is -2.33. The molecule has 20 heavy (non-hydrogen) atoms. The minimum absolute atomic E-state index is 0.150. The molecule has 0 bridgehead atoms. The van der Waals surface area contributed by atoms with E-state index in [9.17, 15) is 9.18 Å². The molecule has 0 atom stereocenters. The number of nitrogens with one attached hydrogen (secondary N) is 1. The van der Waals surface area contributed by atoms with Crippen molar-refractivity contribution < 1.29 is 9.18 Å². The maximum Gasteiger partial charge on any atom is 0.238 e. The standard InChI is InChI=1S/C15H22FN3O/c1-19(11-5-3-2-4-6-11)12-7-8-14(13(16)9-12)18-15(20)10-17/h7-9,11H,2-6,10,17H2,1H3,(H,18,20). The first-order chi connectivity index (χ1) is 9.61. The van der Waals surface area contributed by atoms with Gasteiger partial charge in [-0.3, -0.25) is 4.79 Å². The molecule has 0 heterocycles. The second kappa shape index (κ2) is 6.70. The Morgan fingerprint density at radius 3 is 2.70 bits per heavy atom. The molecule has 2 rings (SSSR count). The zero-order valence-corrected chi connectivity index (χ0v) is 11.9. The zero-order chi connectivity index (χ0) is 14.5. The van der Waals surface area contributed by atoms with Crippen molar-refractivity contribution in [3.63, 3.8) is 0 Å². The van der Waals surface area contributed by atoms with Crippen LogP contribution in [-0.2, 0) is 4.79 Å². The van der Waals surface area contributed by atoms with Gasteiger partial charge in [0.2, 0.25) is 5.91 Å². The molecule has 4 nitrogen and oxygen atoms in total. The summed E-state index contributed by atoms with van der Waals surface area (Å²) in [6.45, 7) is -0.150. The molecule has 1 saturated carbocycles. The number of halogens is 1. The van der Waals surface area contributed by atoms with Crippen LogP contribution < -0.4 is 16.0 Å². The van der Waals surface area contributed by atoms with Gasteiger partial charge in [0.1, 0.15) is 5.82 Å². The molecule has 3 N–H and O–H groups in total. The predicted molar refractivity (Wildman–Crippen MR) is 79.4 cm³/mol. The van der Waals surface area contributed by atoms with E-state index in [1.807, 2.05) is 13.1 Å². The van der Waals surface area contributed by atoms with Gasteiger partial charge in [0.05, 0.1) is 12.2 Å². The minimum Gasteiger partial charge on any atom is -0.372 e. The van der Waals surface area contributed by atoms with Gasteiger partial charge < -0.3 is 16.0 Å². The highest BCUT2D eigenvalue weighted by Gasteiger charge is 2.19. The van der Waals surface area contributed by atoms with Crippen LogP contribution in [-0.4, -0.2) is 25.5 Å². The number of benzene rings is 1. The van der Waals surface area contributed by atoms with E-state index in [-0.39, 0.29) is 12.2 Å². The fourth-order valence-electron chi connectivity index (χ4n) is 2.71. The molecule has 1 aromatic rings. The number of hydrogen-bond acceptors (Lipinski definition) is 3. The summed E-state index contributed by atoms with van der Waals surface area (Å²) in [5, 5.41) is 2.45. The predicted octanol–water partition coefficient (Wildman–Crippen LogP) is 2.49. The monoisotopic (exact) mass is 279 g/mol. The van der Waals surface area contributed by atoms with Gasteiger partial charge in [-0.05, 0) is 31.0 Å². The Labute approximate surface area is 119 Å². The average molecular weight is 279 g/mol. The third kappa shape index (κ3) is 3.48. The molecule has 0 aromatic heterocycles. The molecule has 0 saturated heterocycles. The Bertz CT molecular complexity index is 472. The van der Waals surface area contributed by atoms with Gasteiger partial charge in [0.15, 0.2) is 0 Å². The van der Waals surface area contributed by atoms with E-state index in [1.54, 1.807) is 6.07 Å². The zero-order valence-electron chi connectivity index (χ0n) is 11.9. The number of carbonyl (C=O) groups excluding carboxylic acids is 1. The third-order valence-electron chi connectivity index (χ3n) is 3.94. The maximum absolute atomic E-state index is 14.0. The van der Waals surface area contributed by atoms with Crippen LogP contribution in [0, 0.1) is 5.82 Å². The Morgan fingerprint density at radius 2 is 2.10 bits per heavy atom. The van der Waals surface area contributed by atoms with Crippen LogP contribution >= 0.6 is 0 Å². The fraction of sp³-hybridized carbons (Fsp3) is 0.533. The number of nitrogens with zero attached hydrogens (tertiary/aromatic N) is 1. The van der Waals surface area contributed by atoms with E-state index in [2.05, 4.69) is 10.2 Å². The number of carbonyl (C=O) groups is 1. The smallest absolute Gasteiger partial charge is 0.238 e. The van der Waals surface area contributed by atoms with E-state index < -0.39 is 11.7 Å². The molecular weight excluding hydrogens is 257 g/mol. The summed E-state index contributed by atoms with van der Waals surface area (Å²) < 4.78 is 14.0. The first-order valence-corrected chi connectivity index (χ1v) is 7.14. The largest absolute Gasteiger partial charge is 0.372 e. The lowest BCUT2D eigenvalue weighted by Gasteiger charge is -2.33. The first-order valence-electron chi connectivity index (χ1n) is 7.14. The average Bonchev–Trinajstić information content (AvgIpc) is 2.49. The molecule has 0 spiro atoms. The Hall–Kier alpha value is -1.62. The van der Waals surface area contributed by atoms with E-state index >= 15 is 0 Å². The molecule has 1 fully saturated rings. The molecule has 0 radical (unpaired) electrons. The third-order valence-corrected chi connectivity index (χ3v) is 3.94. The van der Waals surface area contributed by atoms with Crippen LogP contribution in [0.15, 0.2) is 18.2 Å². The Morgan fingerprint density at radius 1 is 1.40 bits per heavy atom. The van der Waals surface area contributed by atoms with Crippen molar-refractivity contribution in [2.24, 2.45) is 5.73 Å². The van der Waals surface area contributed by atoms with Crippen LogP contribution in [0.25, 0.3) is 0 Å². The molecule has 1 amide bonds. The van der Waals surface area contributed by atoms with Gasteiger partial charge in [-0.1, -0.05) is 19.3 Å². The summed E-state index contributed by atoms with van der Waals surface area (Å²) in [5.74, 6) is -0.816. The molecular formula is C15H22FN3O. The summed E-state index contributed by atoms with van der Waals surface area (Å²) in [7, 11) is 2.00. The van der Waals surface area contributed by atoms with Crippen molar-refractivity contribution in [1.82, 2.24) is 0 Å². The Kier molecular flexibility index (Phi) is 4.95. The molecule has 1 aliphatic rings. The lowest BCUT2D eigenvalue weighted by molar-refractivity contribution is -0.114. The minimum atomic E-state index is -0.424. The van der Waals surface area contributed by atoms with Gasteiger partial charge in [0, 0.05) is 18.8 Å². The van der Waals surface area contributed by atoms with Crippen LogP contribution in [0.2, 0.25) is 0 Å². The van der Waals surface area contributed by atoms with Crippen LogP contribution in [0.1, 0.15) is 32.1 Å². The van der Waals surface area contributed by atoms with E-state index in [0.29, 0.717) is 6.04 Å². The fourth-order valence-corrected chi connectivity index (χ4v) is 2.71. The van der Waals surface area contributed by atoms with E-state index in [0.717, 1.165) is 18.5 Å². The molecule has 110 valence electrons. The Balaban J connectivity index is 2.09. The number of amides is 1. The maximum atomic E-state index is 14.0. The number of nitrogens with two attached hydrogens (primary N) is 1.